The minimum absolute atomic E-state index is 0.351. The number of nitrogens with zero attached hydrogens (tertiary/aromatic N) is 3. The fourth-order valence-corrected chi connectivity index (χ4v) is 4.10. The van der Waals surface area contributed by atoms with Crippen molar-refractivity contribution in [3.63, 3.8) is 0 Å². The van der Waals surface area contributed by atoms with E-state index in [-0.39, 0.29) is 5.69 Å². The molecule has 3 aromatic heterocycles. The number of aryl methyl sites for hydroxylation is 2. The van der Waals surface area contributed by atoms with E-state index < -0.39 is 0 Å². The van der Waals surface area contributed by atoms with Crippen LogP contribution in [0.25, 0.3) is 44.7 Å². The zero-order valence-corrected chi connectivity index (χ0v) is 18.5. The van der Waals surface area contributed by atoms with Crippen LogP contribution in [0.1, 0.15) is 30.9 Å². The van der Waals surface area contributed by atoms with Gasteiger partial charge in [-0.25, -0.2) is 14.2 Å². The maximum absolute atomic E-state index is 13.2. The second-order valence-electron chi connectivity index (χ2n) is 7.95. The van der Waals surface area contributed by atoms with Gasteiger partial charge in [0.1, 0.15) is 17.0 Å². The topological polar surface area (TPSA) is 60.4 Å². The summed E-state index contributed by atoms with van der Waals surface area (Å²) >= 11 is 0. The van der Waals surface area contributed by atoms with Crippen LogP contribution >= 0.6 is 0 Å². The van der Waals surface area contributed by atoms with Gasteiger partial charge in [-0.2, -0.15) is 4.98 Å². The molecule has 3 heterocycles. The highest BCUT2D eigenvalue weighted by Crippen LogP contribution is 2.33. The number of hydrogen-bond acceptors (Lipinski definition) is 4. The second kappa shape index (κ2) is 7.61. The second-order valence-corrected chi connectivity index (χ2v) is 7.95. The highest BCUT2D eigenvalue weighted by atomic mass is 16.3. The molecular formula is C27H23N3O2. The molecule has 0 radical (unpaired) electrons. The van der Waals surface area contributed by atoms with Gasteiger partial charge in [0, 0.05) is 10.9 Å². The molecule has 0 spiro atoms. The third kappa shape index (κ3) is 3.14. The average molecular weight is 422 g/mol. The normalized spacial score (nSPS) is 12.1. The first-order valence-electron chi connectivity index (χ1n) is 10.6. The highest BCUT2D eigenvalue weighted by Gasteiger charge is 2.17. The van der Waals surface area contributed by atoms with Gasteiger partial charge in [0.15, 0.2) is 5.82 Å². The Kier molecular flexibility index (Phi) is 4.74. The number of allylic oxidation sites excluding steroid dienone is 2. The van der Waals surface area contributed by atoms with E-state index in [9.17, 15) is 4.79 Å². The number of hydrogen-bond donors (Lipinski definition) is 0. The largest absolute Gasteiger partial charge is 0.461 e. The predicted octanol–water partition coefficient (Wildman–Crippen LogP) is 6.21. The maximum atomic E-state index is 13.2. The molecule has 5 nitrogen and oxygen atoms in total. The lowest BCUT2D eigenvalue weighted by Crippen LogP contribution is -2.22. The SMILES string of the molecule is C/C=C(\C)c1cc(-c2ccccc2)cc2nc(-c3cccc4oc(C)c(C)c34)nc(=O)n12. The van der Waals surface area contributed by atoms with Gasteiger partial charge < -0.3 is 4.42 Å². The van der Waals surface area contributed by atoms with Crippen LogP contribution in [0.4, 0.5) is 0 Å². The summed E-state index contributed by atoms with van der Waals surface area (Å²) in [6.07, 6.45) is 1.99. The quantitative estimate of drug-likeness (QED) is 0.347. The van der Waals surface area contributed by atoms with E-state index >= 15 is 0 Å². The zero-order chi connectivity index (χ0) is 22.4. The molecule has 0 fully saturated rings. The monoisotopic (exact) mass is 421 g/mol. The van der Waals surface area contributed by atoms with E-state index in [4.69, 9.17) is 9.40 Å². The summed E-state index contributed by atoms with van der Waals surface area (Å²) in [5.41, 5.74) is 6.64. The van der Waals surface area contributed by atoms with Crippen molar-refractivity contribution in [2.24, 2.45) is 0 Å². The van der Waals surface area contributed by atoms with E-state index in [2.05, 4.69) is 17.1 Å². The minimum atomic E-state index is -0.351. The van der Waals surface area contributed by atoms with Crippen LogP contribution in [0.5, 0.6) is 0 Å². The number of aromatic nitrogens is 3. The standard InChI is InChI=1S/C27H23N3O2/c1-5-16(2)22-14-20(19-10-7-6-8-11-19)15-24-28-26(29-27(31)30(22)24)21-12-9-13-23-25(21)17(3)18(4)32-23/h5-15H,1-4H3/b16-5+. The van der Waals surface area contributed by atoms with Crippen LogP contribution in [0.3, 0.4) is 0 Å². The molecule has 0 bridgehead atoms. The van der Waals surface area contributed by atoms with Gasteiger partial charge in [0.25, 0.3) is 0 Å². The molecule has 0 amide bonds. The van der Waals surface area contributed by atoms with Crippen LogP contribution in [0, 0.1) is 13.8 Å². The van der Waals surface area contributed by atoms with E-state index in [0.717, 1.165) is 50.3 Å². The van der Waals surface area contributed by atoms with Crippen LogP contribution < -0.4 is 5.69 Å². The Morgan fingerprint density at radius 1 is 0.969 bits per heavy atom. The third-order valence-corrected chi connectivity index (χ3v) is 6.04. The van der Waals surface area contributed by atoms with Crippen molar-refractivity contribution in [3.05, 3.63) is 94.2 Å². The van der Waals surface area contributed by atoms with Crippen LogP contribution in [0.15, 0.2) is 76.0 Å². The number of fused-ring (bicyclic) bond motifs is 2. The summed E-state index contributed by atoms with van der Waals surface area (Å²) in [6, 6.07) is 19.8. The fraction of sp³-hybridized carbons (Fsp3) is 0.148. The summed E-state index contributed by atoms with van der Waals surface area (Å²) in [5, 5.41) is 0.942. The van der Waals surface area contributed by atoms with Crippen molar-refractivity contribution >= 4 is 22.2 Å². The van der Waals surface area contributed by atoms with Crippen molar-refractivity contribution in [2.45, 2.75) is 27.7 Å². The van der Waals surface area contributed by atoms with E-state index in [0.29, 0.717) is 11.5 Å². The van der Waals surface area contributed by atoms with Crippen LogP contribution in [-0.4, -0.2) is 14.4 Å². The third-order valence-electron chi connectivity index (χ3n) is 6.04. The van der Waals surface area contributed by atoms with Crippen molar-refractivity contribution < 1.29 is 4.42 Å². The molecule has 0 N–H and O–H groups in total. The molecule has 2 aromatic carbocycles. The number of furan rings is 1. The highest BCUT2D eigenvalue weighted by molar-refractivity contribution is 5.95. The molecule has 0 aliphatic rings. The van der Waals surface area contributed by atoms with E-state index in [1.807, 2.05) is 82.3 Å². The minimum Gasteiger partial charge on any atom is -0.461 e. The Labute approximate surface area is 185 Å². The lowest BCUT2D eigenvalue weighted by molar-refractivity contribution is 0.575. The Bertz CT molecular complexity index is 1570. The molecule has 158 valence electrons. The molecule has 0 aliphatic heterocycles. The van der Waals surface area contributed by atoms with Gasteiger partial charge in [-0.1, -0.05) is 48.5 Å². The molecule has 0 unspecified atom stereocenters. The molecule has 5 heteroatoms. The Hall–Kier alpha value is -3.99. The smallest absolute Gasteiger partial charge is 0.355 e. The maximum Gasteiger partial charge on any atom is 0.355 e. The lowest BCUT2D eigenvalue weighted by atomic mass is 10.0. The number of benzene rings is 2. The number of pyridine rings is 1. The summed E-state index contributed by atoms with van der Waals surface area (Å²) in [5.74, 6) is 1.25. The van der Waals surface area contributed by atoms with Crippen molar-refractivity contribution in [3.8, 4) is 22.5 Å². The van der Waals surface area contributed by atoms with Crippen molar-refractivity contribution in [1.29, 1.82) is 0 Å². The predicted molar refractivity (Wildman–Crippen MR) is 129 cm³/mol. The van der Waals surface area contributed by atoms with E-state index in [1.54, 1.807) is 4.40 Å². The summed E-state index contributed by atoms with van der Waals surface area (Å²) < 4.78 is 7.46. The molecule has 0 saturated carbocycles. The van der Waals surface area contributed by atoms with Gasteiger partial charge in [-0.3, -0.25) is 0 Å². The molecule has 0 saturated heterocycles. The summed E-state index contributed by atoms with van der Waals surface area (Å²) in [6.45, 7) is 7.90. The molecule has 5 aromatic rings. The Morgan fingerprint density at radius 3 is 2.50 bits per heavy atom. The Morgan fingerprint density at radius 2 is 1.75 bits per heavy atom. The van der Waals surface area contributed by atoms with Crippen LogP contribution in [-0.2, 0) is 0 Å². The summed E-state index contributed by atoms with van der Waals surface area (Å²) in [4.78, 5) is 22.5. The first kappa shape index (κ1) is 19.9. The number of rotatable bonds is 3. The molecule has 0 atom stereocenters. The van der Waals surface area contributed by atoms with Gasteiger partial charge >= 0.3 is 5.69 Å². The van der Waals surface area contributed by atoms with Crippen molar-refractivity contribution in [2.75, 3.05) is 0 Å². The molecule has 0 aliphatic carbocycles. The van der Waals surface area contributed by atoms with Gasteiger partial charge in [0.2, 0.25) is 0 Å². The molecule has 5 rings (SSSR count). The first-order chi connectivity index (χ1) is 15.5. The molecular weight excluding hydrogens is 398 g/mol. The zero-order valence-electron chi connectivity index (χ0n) is 18.5. The van der Waals surface area contributed by atoms with Gasteiger partial charge in [-0.05, 0) is 68.2 Å². The van der Waals surface area contributed by atoms with Crippen LogP contribution in [0.2, 0.25) is 0 Å². The van der Waals surface area contributed by atoms with Crippen molar-refractivity contribution in [1.82, 2.24) is 14.4 Å². The van der Waals surface area contributed by atoms with Gasteiger partial charge in [-0.15, -0.1) is 0 Å². The first-order valence-corrected chi connectivity index (χ1v) is 10.6. The average Bonchev–Trinajstić information content (AvgIpc) is 3.11. The Balaban J connectivity index is 1.85. The molecule has 32 heavy (non-hydrogen) atoms. The summed E-state index contributed by atoms with van der Waals surface area (Å²) in [7, 11) is 0. The van der Waals surface area contributed by atoms with Gasteiger partial charge in [0.05, 0.1) is 5.69 Å². The van der Waals surface area contributed by atoms with E-state index in [1.165, 1.54) is 0 Å². The lowest BCUT2D eigenvalue weighted by Gasteiger charge is -2.13. The fourth-order valence-electron chi connectivity index (χ4n) is 4.10.